The van der Waals surface area contributed by atoms with Crippen LogP contribution in [0.2, 0.25) is 0 Å². The van der Waals surface area contributed by atoms with Crippen LogP contribution < -0.4 is 10.6 Å². The number of hydrogen-bond acceptors (Lipinski definition) is 4. The molecule has 1 aromatic heterocycles. The van der Waals surface area contributed by atoms with Gasteiger partial charge in [-0.25, -0.2) is 4.98 Å². The Labute approximate surface area is 145 Å². The number of carbonyl (C=O) groups is 2. The van der Waals surface area contributed by atoms with E-state index in [0.29, 0.717) is 38.3 Å². The summed E-state index contributed by atoms with van der Waals surface area (Å²) in [7, 11) is 1.84. The highest BCUT2D eigenvalue weighted by Crippen LogP contribution is 2.20. The summed E-state index contributed by atoms with van der Waals surface area (Å²) in [6, 6.07) is 3.60. The summed E-state index contributed by atoms with van der Waals surface area (Å²) in [4.78, 5) is 30.6. The van der Waals surface area contributed by atoms with E-state index in [4.69, 9.17) is 0 Å². The van der Waals surface area contributed by atoms with Crippen molar-refractivity contribution in [2.75, 3.05) is 32.0 Å². The molecule has 1 unspecified atom stereocenters. The van der Waals surface area contributed by atoms with E-state index in [1.54, 1.807) is 12.3 Å². The number of nitrogens with one attached hydrogen (secondary N) is 2. The summed E-state index contributed by atoms with van der Waals surface area (Å²) in [6.07, 6.45) is 3.04. The number of amides is 2. The molecule has 2 amide bonds. The number of likely N-dealkylation sites (tertiary alicyclic amines) is 1. The molecule has 0 bridgehead atoms. The molecule has 0 saturated carbocycles. The molecule has 2 rings (SSSR count). The first-order valence-corrected chi connectivity index (χ1v) is 8.66. The second-order valence-electron chi connectivity index (χ2n) is 5.91. The predicted octanol–water partition coefficient (Wildman–Crippen LogP) is 1.88. The van der Waals surface area contributed by atoms with Crippen LogP contribution in [0.3, 0.4) is 0 Å². The van der Waals surface area contributed by atoms with Crippen molar-refractivity contribution in [2.24, 2.45) is 11.8 Å². The molecule has 1 fully saturated rings. The number of rotatable bonds is 5. The smallest absolute Gasteiger partial charge is 0.228 e. The van der Waals surface area contributed by atoms with Gasteiger partial charge >= 0.3 is 0 Å². The Morgan fingerprint density at radius 2 is 2.09 bits per heavy atom. The first kappa shape index (κ1) is 17.9. The lowest BCUT2D eigenvalue weighted by Gasteiger charge is -2.33. The highest BCUT2D eigenvalue weighted by Gasteiger charge is 2.29. The molecule has 1 aromatic rings. The van der Waals surface area contributed by atoms with Crippen LogP contribution in [0.1, 0.15) is 19.8 Å². The number of aromatic nitrogens is 1. The largest absolute Gasteiger partial charge is 0.342 e. The van der Waals surface area contributed by atoms with Crippen LogP contribution in [-0.2, 0) is 9.59 Å². The van der Waals surface area contributed by atoms with Crippen molar-refractivity contribution in [1.82, 2.24) is 15.2 Å². The van der Waals surface area contributed by atoms with Crippen molar-refractivity contribution < 1.29 is 9.59 Å². The van der Waals surface area contributed by atoms with E-state index in [1.165, 1.54) is 0 Å². The summed E-state index contributed by atoms with van der Waals surface area (Å²) in [6.45, 7) is 3.88. The quantitative estimate of drug-likeness (QED) is 0.814. The maximum absolute atomic E-state index is 12.3. The molecule has 126 valence electrons. The molecular weight excluding hydrogens is 360 g/mol. The zero-order valence-corrected chi connectivity index (χ0v) is 15.1. The van der Waals surface area contributed by atoms with E-state index >= 15 is 0 Å². The second kappa shape index (κ2) is 8.40. The van der Waals surface area contributed by atoms with Crippen LogP contribution in [0, 0.1) is 11.8 Å². The lowest BCUT2D eigenvalue weighted by Crippen LogP contribution is -2.45. The molecule has 1 aliphatic heterocycles. The Morgan fingerprint density at radius 1 is 1.39 bits per heavy atom. The zero-order chi connectivity index (χ0) is 16.8. The SMILES string of the molecule is CNCC(C)C(=O)N1CCC(C(=O)Nc2ccc(Br)cn2)CC1. The highest BCUT2D eigenvalue weighted by atomic mass is 79.9. The summed E-state index contributed by atoms with van der Waals surface area (Å²) in [5.74, 6) is 0.601. The van der Waals surface area contributed by atoms with Crippen molar-refractivity contribution in [3.8, 4) is 0 Å². The number of nitrogens with zero attached hydrogens (tertiary/aromatic N) is 2. The van der Waals surface area contributed by atoms with E-state index in [2.05, 4.69) is 31.5 Å². The molecule has 2 heterocycles. The molecule has 1 atom stereocenters. The number of halogens is 1. The van der Waals surface area contributed by atoms with Crippen LogP contribution in [0.5, 0.6) is 0 Å². The van der Waals surface area contributed by atoms with Crippen molar-refractivity contribution in [3.63, 3.8) is 0 Å². The molecule has 1 aliphatic rings. The zero-order valence-electron chi connectivity index (χ0n) is 13.5. The molecule has 0 aromatic carbocycles. The minimum absolute atomic E-state index is 0.0183. The number of piperidine rings is 1. The fourth-order valence-electron chi connectivity index (χ4n) is 2.75. The second-order valence-corrected chi connectivity index (χ2v) is 6.82. The number of hydrogen-bond donors (Lipinski definition) is 2. The van der Waals surface area contributed by atoms with Gasteiger partial charge in [0.2, 0.25) is 11.8 Å². The minimum Gasteiger partial charge on any atom is -0.342 e. The molecular formula is C16H23BrN4O2. The standard InChI is InChI=1S/C16H23BrN4O2/c1-11(9-18-2)16(23)21-7-5-12(6-8-21)15(22)20-14-4-3-13(17)10-19-14/h3-4,10-12,18H,5-9H2,1-2H3,(H,19,20,22). The average Bonchev–Trinajstić information content (AvgIpc) is 2.56. The number of carbonyl (C=O) groups excluding carboxylic acids is 2. The van der Waals surface area contributed by atoms with Gasteiger partial charge in [-0.15, -0.1) is 0 Å². The fraction of sp³-hybridized carbons (Fsp3) is 0.562. The highest BCUT2D eigenvalue weighted by molar-refractivity contribution is 9.10. The molecule has 0 spiro atoms. The van der Waals surface area contributed by atoms with Gasteiger partial charge in [0.15, 0.2) is 0 Å². The van der Waals surface area contributed by atoms with E-state index in [1.807, 2.05) is 24.9 Å². The molecule has 7 heteroatoms. The number of pyridine rings is 1. The number of anilines is 1. The topological polar surface area (TPSA) is 74.3 Å². The van der Waals surface area contributed by atoms with E-state index in [9.17, 15) is 9.59 Å². The van der Waals surface area contributed by atoms with Gasteiger partial charge in [0, 0.05) is 42.1 Å². The Kier molecular flexibility index (Phi) is 6.53. The van der Waals surface area contributed by atoms with Gasteiger partial charge in [0.1, 0.15) is 5.82 Å². The van der Waals surface area contributed by atoms with Gasteiger partial charge in [0.25, 0.3) is 0 Å². The van der Waals surface area contributed by atoms with Crippen LogP contribution in [0.25, 0.3) is 0 Å². The summed E-state index contributed by atoms with van der Waals surface area (Å²) < 4.78 is 0.873. The first-order valence-electron chi connectivity index (χ1n) is 7.87. The molecule has 1 saturated heterocycles. The monoisotopic (exact) mass is 382 g/mol. The van der Waals surface area contributed by atoms with E-state index < -0.39 is 0 Å². The van der Waals surface area contributed by atoms with Crippen LogP contribution in [-0.4, -0.2) is 48.4 Å². The molecule has 6 nitrogen and oxygen atoms in total. The third-order valence-electron chi connectivity index (χ3n) is 4.09. The van der Waals surface area contributed by atoms with Crippen LogP contribution in [0.15, 0.2) is 22.8 Å². The van der Waals surface area contributed by atoms with Crippen molar-refractivity contribution in [1.29, 1.82) is 0 Å². The van der Waals surface area contributed by atoms with Crippen LogP contribution in [0.4, 0.5) is 5.82 Å². The van der Waals surface area contributed by atoms with E-state index in [-0.39, 0.29) is 23.7 Å². The maximum atomic E-state index is 12.3. The molecule has 0 radical (unpaired) electrons. The van der Waals surface area contributed by atoms with E-state index in [0.717, 1.165) is 4.47 Å². The van der Waals surface area contributed by atoms with Crippen molar-refractivity contribution >= 4 is 33.6 Å². The Morgan fingerprint density at radius 3 is 2.65 bits per heavy atom. The third-order valence-corrected chi connectivity index (χ3v) is 4.56. The summed E-state index contributed by atoms with van der Waals surface area (Å²) >= 11 is 3.31. The normalized spacial score (nSPS) is 16.9. The predicted molar refractivity (Wildman–Crippen MR) is 93.0 cm³/mol. The van der Waals surface area contributed by atoms with Crippen LogP contribution >= 0.6 is 15.9 Å². The first-order chi connectivity index (χ1) is 11.0. The van der Waals surface area contributed by atoms with Gasteiger partial charge < -0.3 is 15.5 Å². The Balaban J connectivity index is 1.82. The lowest BCUT2D eigenvalue weighted by molar-refractivity contribution is -0.137. The average molecular weight is 383 g/mol. The third kappa shape index (κ3) is 5.00. The Bertz CT molecular complexity index is 542. The van der Waals surface area contributed by atoms with Gasteiger partial charge in [-0.05, 0) is 48.0 Å². The fourth-order valence-corrected chi connectivity index (χ4v) is 2.98. The van der Waals surface area contributed by atoms with Gasteiger partial charge in [-0.1, -0.05) is 6.92 Å². The summed E-state index contributed by atoms with van der Waals surface area (Å²) in [5.41, 5.74) is 0. The van der Waals surface area contributed by atoms with Crippen molar-refractivity contribution in [2.45, 2.75) is 19.8 Å². The van der Waals surface area contributed by atoms with Gasteiger partial charge in [0.05, 0.1) is 0 Å². The van der Waals surface area contributed by atoms with Gasteiger partial charge in [-0.3, -0.25) is 9.59 Å². The summed E-state index contributed by atoms with van der Waals surface area (Å²) in [5, 5.41) is 5.87. The molecule has 23 heavy (non-hydrogen) atoms. The van der Waals surface area contributed by atoms with Gasteiger partial charge in [-0.2, -0.15) is 0 Å². The lowest BCUT2D eigenvalue weighted by atomic mass is 9.95. The molecule has 0 aliphatic carbocycles. The minimum atomic E-state index is -0.0656. The van der Waals surface area contributed by atoms with Crippen molar-refractivity contribution in [3.05, 3.63) is 22.8 Å². The Hall–Kier alpha value is -1.47. The maximum Gasteiger partial charge on any atom is 0.228 e. The molecule has 2 N–H and O–H groups in total.